The van der Waals surface area contributed by atoms with E-state index in [2.05, 4.69) is 4.90 Å². The molecule has 1 N–H and O–H groups in total. The number of hydrogen-bond acceptors (Lipinski definition) is 4. The van der Waals surface area contributed by atoms with Gasteiger partial charge in [-0.25, -0.2) is 8.42 Å². The Bertz CT molecular complexity index is 618. The zero-order chi connectivity index (χ0) is 16.3. The number of nitrogens with zero attached hydrogens (tertiary/aromatic N) is 2. The highest BCUT2D eigenvalue weighted by Gasteiger charge is 2.38. The zero-order valence-electron chi connectivity index (χ0n) is 12.8. The van der Waals surface area contributed by atoms with Crippen LogP contribution in [0.15, 0.2) is 30.3 Å². The lowest BCUT2D eigenvalue weighted by atomic mass is 10.1. The number of hydrogen-bond donors (Lipinski definition) is 1. The first kappa shape index (κ1) is 16.9. The van der Waals surface area contributed by atoms with E-state index in [-0.39, 0.29) is 12.5 Å². The van der Waals surface area contributed by atoms with Crippen molar-refractivity contribution in [2.45, 2.75) is 32.0 Å². The molecule has 122 valence electrons. The van der Waals surface area contributed by atoms with E-state index in [1.807, 2.05) is 37.3 Å². The molecule has 0 spiro atoms. The molecule has 1 aromatic rings. The number of carboxylic acids is 1. The smallest absolute Gasteiger partial charge is 0.305 e. The standard InChI is InChI=1S/C15H22N2O4S/c1-12-9-16(10-13-6-4-3-5-7-13)11-14(8-15(18)19)17(12)22(2,20)21/h3-7,12,14H,8-11H2,1-2H3,(H,18,19)/t12-,14-/m1/s1. The van der Waals surface area contributed by atoms with Crippen molar-refractivity contribution < 1.29 is 18.3 Å². The van der Waals surface area contributed by atoms with Gasteiger partial charge in [0.1, 0.15) is 0 Å². The van der Waals surface area contributed by atoms with E-state index in [1.54, 1.807) is 0 Å². The van der Waals surface area contributed by atoms with Gasteiger partial charge in [0.25, 0.3) is 0 Å². The fourth-order valence-electron chi connectivity index (χ4n) is 3.19. The number of carbonyl (C=O) groups is 1. The topological polar surface area (TPSA) is 77.9 Å². The number of piperazine rings is 1. The lowest BCUT2D eigenvalue weighted by molar-refractivity contribution is -0.138. The summed E-state index contributed by atoms with van der Waals surface area (Å²) in [6.07, 6.45) is 0.966. The van der Waals surface area contributed by atoms with E-state index in [9.17, 15) is 13.2 Å². The predicted octanol–water partition coefficient (Wildman–Crippen LogP) is 0.996. The maximum Gasteiger partial charge on any atom is 0.305 e. The minimum Gasteiger partial charge on any atom is -0.481 e. The summed E-state index contributed by atoms with van der Waals surface area (Å²) >= 11 is 0. The molecule has 2 atom stereocenters. The monoisotopic (exact) mass is 326 g/mol. The molecular weight excluding hydrogens is 304 g/mol. The van der Waals surface area contributed by atoms with Crippen LogP contribution in [0, 0.1) is 0 Å². The molecule has 0 unspecified atom stereocenters. The number of aliphatic carboxylic acids is 1. The molecule has 0 aromatic heterocycles. The number of carboxylic acid groups (broad SMARTS) is 1. The minimum atomic E-state index is -3.42. The number of sulfonamides is 1. The van der Waals surface area contributed by atoms with E-state index >= 15 is 0 Å². The van der Waals surface area contributed by atoms with Crippen molar-refractivity contribution >= 4 is 16.0 Å². The summed E-state index contributed by atoms with van der Waals surface area (Å²) in [4.78, 5) is 13.2. The molecule has 0 amide bonds. The van der Waals surface area contributed by atoms with Crippen LogP contribution in [0.2, 0.25) is 0 Å². The Kier molecular flexibility index (Phi) is 5.20. The highest BCUT2D eigenvalue weighted by Crippen LogP contribution is 2.23. The van der Waals surface area contributed by atoms with Crippen LogP contribution in [0.3, 0.4) is 0 Å². The fraction of sp³-hybridized carbons (Fsp3) is 0.533. The van der Waals surface area contributed by atoms with Gasteiger partial charge in [0, 0.05) is 31.7 Å². The van der Waals surface area contributed by atoms with Gasteiger partial charge in [-0.15, -0.1) is 0 Å². The Labute approximate surface area is 131 Å². The Morgan fingerprint density at radius 2 is 1.91 bits per heavy atom. The number of benzene rings is 1. The maximum absolute atomic E-state index is 12.0. The first-order valence-corrected chi connectivity index (χ1v) is 9.09. The molecule has 0 aliphatic carbocycles. The molecule has 1 aromatic carbocycles. The van der Waals surface area contributed by atoms with Gasteiger partial charge < -0.3 is 5.11 Å². The zero-order valence-corrected chi connectivity index (χ0v) is 13.7. The summed E-state index contributed by atoms with van der Waals surface area (Å²) < 4.78 is 25.3. The lowest BCUT2D eigenvalue weighted by Crippen LogP contribution is -2.59. The molecule has 2 rings (SSSR count). The van der Waals surface area contributed by atoms with Gasteiger partial charge in [-0.05, 0) is 12.5 Å². The van der Waals surface area contributed by atoms with Crippen LogP contribution in [0.25, 0.3) is 0 Å². The van der Waals surface area contributed by atoms with Crippen molar-refractivity contribution in [3.8, 4) is 0 Å². The van der Waals surface area contributed by atoms with Gasteiger partial charge in [0.05, 0.1) is 12.7 Å². The number of rotatable bonds is 5. The highest BCUT2D eigenvalue weighted by molar-refractivity contribution is 7.88. The van der Waals surface area contributed by atoms with Crippen molar-refractivity contribution in [1.29, 1.82) is 0 Å². The second-order valence-electron chi connectivity index (χ2n) is 5.87. The van der Waals surface area contributed by atoms with Crippen molar-refractivity contribution in [3.63, 3.8) is 0 Å². The van der Waals surface area contributed by atoms with Gasteiger partial charge in [-0.3, -0.25) is 9.69 Å². The summed E-state index contributed by atoms with van der Waals surface area (Å²) in [5.74, 6) is -0.979. The van der Waals surface area contributed by atoms with Gasteiger partial charge in [-0.1, -0.05) is 30.3 Å². The van der Waals surface area contributed by atoms with Crippen LogP contribution in [0.5, 0.6) is 0 Å². The molecule has 1 aliphatic heterocycles. The van der Waals surface area contributed by atoms with Crippen molar-refractivity contribution in [2.75, 3.05) is 19.3 Å². The van der Waals surface area contributed by atoms with Crippen LogP contribution < -0.4 is 0 Å². The molecule has 0 saturated carbocycles. The first-order chi connectivity index (χ1) is 10.3. The molecule has 1 heterocycles. The van der Waals surface area contributed by atoms with Crippen molar-refractivity contribution in [2.24, 2.45) is 0 Å². The third-order valence-electron chi connectivity index (χ3n) is 3.83. The van der Waals surface area contributed by atoms with Crippen LogP contribution >= 0.6 is 0 Å². The van der Waals surface area contributed by atoms with Gasteiger partial charge >= 0.3 is 5.97 Å². The van der Waals surface area contributed by atoms with Crippen LogP contribution in [0.1, 0.15) is 18.9 Å². The Morgan fingerprint density at radius 1 is 1.27 bits per heavy atom. The van der Waals surface area contributed by atoms with Crippen LogP contribution in [-0.4, -0.2) is 60.1 Å². The fourth-order valence-corrected chi connectivity index (χ4v) is 4.59. The first-order valence-electron chi connectivity index (χ1n) is 7.24. The summed E-state index contributed by atoms with van der Waals surface area (Å²) in [6.45, 7) is 3.54. The largest absolute Gasteiger partial charge is 0.481 e. The second kappa shape index (κ2) is 6.76. The molecule has 0 bridgehead atoms. The highest BCUT2D eigenvalue weighted by atomic mass is 32.2. The third-order valence-corrected chi connectivity index (χ3v) is 5.25. The SMILES string of the molecule is C[C@@H]1CN(Cc2ccccc2)C[C@@H](CC(=O)O)N1S(C)(=O)=O. The van der Waals surface area contributed by atoms with E-state index < -0.39 is 22.0 Å². The van der Waals surface area contributed by atoms with Gasteiger partial charge in [0.2, 0.25) is 10.0 Å². The molecule has 1 aliphatic rings. The minimum absolute atomic E-state index is 0.178. The van der Waals surface area contributed by atoms with E-state index in [0.29, 0.717) is 19.6 Å². The summed E-state index contributed by atoms with van der Waals surface area (Å²) in [6, 6.07) is 9.12. The van der Waals surface area contributed by atoms with E-state index in [1.165, 1.54) is 4.31 Å². The maximum atomic E-state index is 12.0. The van der Waals surface area contributed by atoms with E-state index in [4.69, 9.17) is 5.11 Å². The second-order valence-corrected chi connectivity index (χ2v) is 7.76. The van der Waals surface area contributed by atoms with Crippen molar-refractivity contribution in [3.05, 3.63) is 35.9 Å². The summed E-state index contributed by atoms with van der Waals surface area (Å²) in [5, 5.41) is 9.07. The molecule has 1 fully saturated rings. The quantitative estimate of drug-likeness (QED) is 0.873. The molecular formula is C15H22N2O4S. The third kappa shape index (κ3) is 4.28. The van der Waals surface area contributed by atoms with Crippen molar-refractivity contribution in [1.82, 2.24) is 9.21 Å². The summed E-state index contributed by atoms with van der Waals surface area (Å²) in [7, 11) is -3.42. The lowest BCUT2D eigenvalue weighted by Gasteiger charge is -2.43. The normalized spacial score (nSPS) is 24.3. The van der Waals surface area contributed by atoms with Gasteiger partial charge in [-0.2, -0.15) is 4.31 Å². The molecule has 6 nitrogen and oxygen atoms in total. The average molecular weight is 326 g/mol. The Balaban J connectivity index is 2.16. The Hall–Kier alpha value is -1.44. The molecule has 0 radical (unpaired) electrons. The van der Waals surface area contributed by atoms with Gasteiger partial charge in [0.15, 0.2) is 0 Å². The average Bonchev–Trinajstić information content (AvgIpc) is 2.36. The van der Waals surface area contributed by atoms with Crippen LogP contribution in [0.4, 0.5) is 0 Å². The molecule has 7 heteroatoms. The van der Waals surface area contributed by atoms with Crippen LogP contribution in [-0.2, 0) is 21.4 Å². The Morgan fingerprint density at radius 3 is 2.45 bits per heavy atom. The predicted molar refractivity (Wildman–Crippen MR) is 83.9 cm³/mol. The van der Waals surface area contributed by atoms with E-state index in [0.717, 1.165) is 11.8 Å². The summed E-state index contributed by atoms with van der Waals surface area (Å²) in [5.41, 5.74) is 1.14. The molecule has 1 saturated heterocycles. The molecule has 22 heavy (non-hydrogen) atoms.